The van der Waals surface area contributed by atoms with Crippen molar-refractivity contribution in [2.45, 2.75) is 45.1 Å². The highest BCUT2D eigenvalue weighted by molar-refractivity contribution is 5.67. The molecule has 1 saturated heterocycles. The fourth-order valence-electron chi connectivity index (χ4n) is 1.92. The van der Waals surface area contributed by atoms with Crippen LogP contribution in [0.15, 0.2) is 30.3 Å². The molecular formula is C14H20N2O3. The smallest absolute Gasteiger partial charge is 0.409 e. The monoisotopic (exact) mass is 264 g/mol. The van der Waals surface area contributed by atoms with E-state index in [1.165, 1.54) is 0 Å². The number of carbonyl (C=O) groups is 1. The summed E-state index contributed by atoms with van der Waals surface area (Å²) in [6, 6.07) is 9.90. The van der Waals surface area contributed by atoms with E-state index < -0.39 is 6.09 Å². The first-order chi connectivity index (χ1) is 9.24. The van der Waals surface area contributed by atoms with Gasteiger partial charge in [0.2, 0.25) is 0 Å². The fraction of sp³-hybridized carbons (Fsp3) is 0.500. The zero-order chi connectivity index (χ0) is 13.5. The third-order valence-electron chi connectivity index (χ3n) is 3.01. The van der Waals surface area contributed by atoms with Gasteiger partial charge in [0.25, 0.3) is 0 Å². The van der Waals surface area contributed by atoms with Gasteiger partial charge in [0.15, 0.2) is 6.23 Å². The van der Waals surface area contributed by atoms with Crippen molar-refractivity contribution in [1.29, 1.82) is 0 Å². The van der Waals surface area contributed by atoms with Crippen LogP contribution < -0.4 is 10.8 Å². The Balaban J connectivity index is 1.72. The van der Waals surface area contributed by atoms with Gasteiger partial charge in [-0.05, 0) is 31.7 Å². The Kier molecular flexibility index (Phi) is 5.18. The van der Waals surface area contributed by atoms with Gasteiger partial charge in [0.05, 0.1) is 0 Å². The number of carbonyl (C=O) groups excluding carboxylic acids is 1. The molecule has 1 aliphatic rings. The Morgan fingerprint density at radius 1 is 1.42 bits per heavy atom. The van der Waals surface area contributed by atoms with Crippen LogP contribution in [0.25, 0.3) is 0 Å². The number of hydroxylamine groups is 1. The number of amides is 1. The topological polar surface area (TPSA) is 59.6 Å². The fourth-order valence-corrected chi connectivity index (χ4v) is 1.92. The summed E-state index contributed by atoms with van der Waals surface area (Å²) in [5.74, 6) is 0. The Morgan fingerprint density at radius 2 is 2.21 bits per heavy atom. The van der Waals surface area contributed by atoms with Crippen LogP contribution in [0.2, 0.25) is 0 Å². The van der Waals surface area contributed by atoms with Crippen molar-refractivity contribution in [3.05, 3.63) is 35.9 Å². The molecule has 1 heterocycles. The number of hydrogen-bond acceptors (Lipinski definition) is 4. The molecule has 2 atom stereocenters. The van der Waals surface area contributed by atoms with Crippen molar-refractivity contribution < 1.29 is 14.4 Å². The van der Waals surface area contributed by atoms with Crippen LogP contribution in [-0.4, -0.2) is 18.4 Å². The number of alkyl carbamates (subject to hydrolysis) is 1. The van der Waals surface area contributed by atoms with E-state index in [9.17, 15) is 4.79 Å². The average molecular weight is 264 g/mol. The van der Waals surface area contributed by atoms with Gasteiger partial charge in [-0.1, -0.05) is 30.3 Å². The zero-order valence-corrected chi connectivity index (χ0v) is 11.1. The molecule has 2 rings (SSSR count). The third kappa shape index (κ3) is 4.89. The molecule has 0 saturated carbocycles. The van der Waals surface area contributed by atoms with Crippen LogP contribution in [0.1, 0.15) is 31.7 Å². The molecule has 1 amide bonds. The van der Waals surface area contributed by atoms with E-state index in [2.05, 4.69) is 17.7 Å². The van der Waals surface area contributed by atoms with Crippen molar-refractivity contribution >= 4 is 6.09 Å². The lowest BCUT2D eigenvalue weighted by Crippen LogP contribution is -2.40. The molecule has 1 aliphatic heterocycles. The van der Waals surface area contributed by atoms with Crippen molar-refractivity contribution in [1.82, 2.24) is 10.8 Å². The van der Waals surface area contributed by atoms with E-state index in [4.69, 9.17) is 9.57 Å². The van der Waals surface area contributed by atoms with Crippen LogP contribution in [0.5, 0.6) is 0 Å². The average Bonchev–Trinajstić information content (AvgIpc) is 2.63. The SMILES string of the molecule is C[C@@H]1CCC[C@H](NC(=O)OCc2ccccc2)ON1. The molecule has 19 heavy (non-hydrogen) atoms. The van der Waals surface area contributed by atoms with E-state index in [-0.39, 0.29) is 12.8 Å². The Labute approximate surface area is 113 Å². The second-order valence-electron chi connectivity index (χ2n) is 4.76. The second kappa shape index (κ2) is 7.11. The second-order valence-corrected chi connectivity index (χ2v) is 4.76. The van der Waals surface area contributed by atoms with E-state index in [0.717, 1.165) is 24.8 Å². The summed E-state index contributed by atoms with van der Waals surface area (Å²) in [4.78, 5) is 17.0. The Hall–Kier alpha value is -1.59. The minimum absolute atomic E-state index is 0.267. The summed E-state index contributed by atoms with van der Waals surface area (Å²) in [6.07, 6.45) is 2.06. The maximum absolute atomic E-state index is 11.6. The van der Waals surface area contributed by atoms with Gasteiger partial charge >= 0.3 is 6.09 Å². The summed E-state index contributed by atoms with van der Waals surface area (Å²) in [7, 11) is 0. The molecule has 2 N–H and O–H groups in total. The molecule has 1 aromatic rings. The molecule has 5 heteroatoms. The van der Waals surface area contributed by atoms with E-state index >= 15 is 0 Å². The first-order valence-corrected chi connectivity index (χ1v) is 6.62. The third-order valence-corrected chi connectivity index (χ3v) is 3.01. The molecule has 0 bridgehead atoms. The van der Waals surface area contributed by atoms with Gasteiger partial charge in [0, 0.05) is 6.04 Å². The molecule has 0 aromatic heterocycles. The standard InChI is InChI=1S/C14H20N2O3/c1-11-6-5-9-13(19-16-11)15-14(17)18-10-12-7-3-2-4-8-12/h2-4,7-8,11,13,16H,5-6,9-10H2,1H3,(H,15,17)/t11-,13-/m1/s1. The van der Waals surface area contributed by atoms with E-state index in [1.807, 2.05) is 30.3 Å². The minimum Gasteiger partial charge on any atom is -0.445 e. The summed E-state index contributed by atoms with van der Waals surface area (Å²) >= 11 is 0. The molecule has 1 fully saturated rings. The molecule has 104 valence electrons. The van der Waals surface area contributed by atoms with Crippen LogP contribution >= 0.6 is 0 Å². The van der Waals surface area contributed by atoms with Crippen LogP contribution in [-0.2, 0) is 16.2 Å². The van der Waals surface area contributed by atoms with Crippen molar-refractivity contribution in [2.24, 2.45) is 0 Å². The minimum atomic E-state index is -0.454. The molecule has 0 radical (unpaired) electrons. The normalized spacial score (nSPS) is 23.4. The van der Waals surface area contributed by atoms with E-state index in [0.29, 0.717) is 6.04 Å². The zero-order valence-electron chi connectivity index (χ0n) is 11.1. The first-order valence-electron chi connectivity index (χ1n) is 6.62. The van der Waals surface area contributed by atoms with Gasteiger partial charge in [-0.25, -0.2) is 4.79 Å². The highest BCUT2D eigenvalue weighted by atomic mass is 16.7. The van der Waals surface area contributed by atoms with Crippen molar-refractivity contribution in [2.75, 3.05) is 0 Å². The summed E-state index contributed by atoms with van der Waals surface area (Å²) in [6.45, 7) is 2.32. The number of benzene rings is 1. The van der Waals surface area contributed by atoms with Crippen LogP contribution in [0.4, 0.5) is 4.79 Å². The van der Waals surface area contributed by atoms with E-state index in [1.54, 1.807) is 0 Å². The summed E-state index contributed by atoms with van der Waals surface area (Å²) < 4.78 is 5.14. The number of ether oxygens (including phenoxy) is 1. The lowest BCUT2D eigenvalue weighted by atomic mass is 10.1. The predicted molar refractivity (Wildman–Crippen MR) is 71.1 cm³/mol. The molecule has 0 unspecified atom stereocenters. The number of hydrogen-bond donors (Lipinski definition) is 2. The van der Waals surface area contributed by atoms with Gasteiger partial charge in [-0.15, -0.1) is 0 Å². The number of rotatable bonds is 3. The summed E-state index contributed by atoms with van der Waals surface area (Å²) in [5, 5.41) is 2.70. The van der Waals surface area contributed by atoms with Gasteiger partial charge in [-0.2, -0.15) is 5.48 Å². The predicted octanol–water partition coefficient (Wildman–Crippen LogP) is 2.33. The van der Waals surface area contributed by atoms with Crippen molar-refractivity contribution in [3.63, 3.8) is 0 Å². The van der Waals surface area contributed by atoms with Gasteiger partial charge < -0.3 is 4.74 Å². The van der Waals surface area contributed by atoms with Gasteiger partial charge in [-0.3, -0.25) is 10.2 Å². The lowest BCUT2D eigenvalue weighted by molar-refractivity contribution is -0.0468. The van der Waals surface area contributed by atoms with Crippen LogP contribution in [0.3, 0.4) is 0 Å². The molecule has 1 aromatic carbocycles. The molecule has 0 spiro atoms. The molecule has 5 nitrogen and oxygen atoms in total. The molecular weight excluding hydrogens is 244 g/mol. The Morgan fingerprint density at radius 3 is 3.00 bits per heavy atom. The first kappa shape index (κ1) is 13.8. The highest BCUT2D eigenvalue weighted by Gasteiger charge is 2.18. The maximum atomic E-state index is 11.6. The van der Waals surface area contributed by atoms with Crippen LogP contribution in [0, 0.1) is 0 Å². The number of nitrogens with one attached hydrogen (secondary N) is 2. The Bertz CT molecular complexity index is 397. The summed E-state index contributed by atoms with van der Waals surface area (Å²) in [5.41, 5.74) is 3.87. The quantitative estimate of drug-likeness (QED) is 0.879. The van der Waals surface area contributed by atoms with Gasteiger partial charge in [0.1, 0.15) is 6.61 Å². The highest BCUT2D eigenvalue weighted by Crippen LogP contribution is 2.10. The maximum Gasteiger partial charge on any atom is 0.409 e. The molecule has 0 aliphatic carbocycles. The van der Waals surface area contributed by atoms with Crippen molar-refractivity contribution in [3.8, 4) is 0 Å². The lowest BCUT2D eigenvalue weighted by Gasteiger charge is -2.17. The largest absolute Gasteiger partial charge is 0.445 e.